The summed E-state index contributed by atoms with van der Waals surface area (Å²) < 4.78 is 5.38. The number of nitrogens with zero attached hydrogens (tertiary/aromatic N) is 1. The fraction of sp³-hybridized carbons (Fsp3) is 0.462. The lowest BCUT2D eigenvalue weighted by molar-refractivity contribution is 0.0152. The molecule has 1 N–H and O–H groups in total. The lowest BCUT2D eigenvalue weighted by Gasteiger charge is -2.25. The van der Waals surface area contributed by atoms with E-state index >= 15 is 0 Å². The Hall–Kier alpha value is -1.35. The molecule has 1 atom stereocenters. The van der Waals surface area contributed by atoms with E-state index < -0.39 is 0 Å². The zero-order valence-corrected chi connectivity index (χ0v) is 9.86. The van der Waals surface area contributed by atoms with Gasteiger partial charge in [-0.1, -0.05) is 29.8 Å². The molecule has 86 valence electrons. The third-order valence-electron chi connectivity index (χ3n) is 3.07. The summed E-state index contributed by atoms with van der Waals surface area (Å²) in [6.07, 6.45) is 1.83. The summed E-state index contributed by atoms with van der Waals surface area (Å²) in [5, 5.41) is 7.88. The highest BCUT2D eigenvalue weighted by atomic mass is 16.5. The van der Waals surface area contributed by atoms with E-state index in [0.29, 0.717) is 5.84 Å². The minimum atomic E-state index is 0.0776. The van der Waals surface area contributed by atoms with E-state index in [1.807, 2.05) is 4.90 Å². The quantitative estimate of drug-likeness (QED) is 0.846. The van der Waals surface area contributed by atoms with E-state index in [1.165, 1.54) is 11.1 Å². The molecule has 0 saturated carbocycles. The molecule has 16 heavy (non-hydrogen) atoms. The summed E-state index contributed by atoms with van der Waals surface area (Å²) in [5.41, 5.74) is 2.50. The maximum atomic E-state index is 7.88. The molecule has 3 heteroatoms. The predicted molar refractivity (Wildman–Crippen MR) is 64.5 cm³/mol. The lowest BCUT2D eigenvalue weighted by Crippen LogP contribution is -2.33. The number of amidine groups is 1. The average molecular weight is 218 g/mol. The SMILES string of the molecule is COC1CCC(=N)N1Cc1ccc(C)cc1. The minimum absolute atomic E-state index is 0.0776. The van der Waals surface area contributed by atoms with Crippen LogP contribution in [0.15, 0.2) is 24.3 Å². The first-order valence-electron chi connectivity index (χ1n) is 5.63. The summed E-state index contributed by atoms with van der Waals surface area (Å²) in [6.45, 7) is 2.86. The third kappa shape index (κ3) is 2.25. The number of ether oxygens (including phenoxy) is 1. The van der Waals surface area contributed by atoms with Crippen LogP contribution in [0.3, 0.4) is 0 Å². The number of likely N-dealkylation sites (tertiary alicyclic amines) is 1. The van der Waals surface area contributed by atoms with Crippen LogP contribution < -0.4 is 0 Å². The summed E-state index contributed by atoms with van der Waals surface area (Å²) >= 11 is 0. The maximum absolute atomic E-state index is 7.88. The van der Waals surface area contributed by atoms with Gasteiger partial charge < -0.3 is 9.64 Å². The van der Waals surface area contributed by atoms with Crippen LogP contribution in [0.25, 0.3) is 0 Å². The molecule has 1 saturated heterocycles. The number of hydrogen-bond acceptors (Lipinski definition) is 2. The standard InChI is InChI=1S/C13H18N2O/c1-10-3-5-11(6-4-10)9-15-12(14)7-8-13(15)16-2/h3-6,13-14H,7-9H2,1-2H3. The van der Waals surface area contributed by atoms with Crippen molar-refractivity contribution < 1.29 is 4.74 Å². The van der Waals surface area contributed by atoms with Crippen LogP contribution >= 0.6 is 0 Å². The minimum Gasteiger partial charge on any atom is -0.362 e. The van der Waals surface area contributed by atoms with Crippen molar-refractivity contribution >= 4 is 5.84 Å². The molecule has 1 unspecified atom stereocenters. The Morgan fingerprint density at radius 3 is 2.69 bits per heavy atom. The van der Waals surface area contributed by atoms with Crippen molar-refractivity contribution in [3.8, 4) is 0 Å². The van der Waals surface area contributed by atoms with Gasteiger partial charge in [0, 0.05) is 20.1 Å². The first-order valence-corrected chi connectivity index (χ1v) is 5.63. The Morgan fingerprint density at radius 1 is 1.38 bits per heavy atom. The Bertz CT molecular complexity index is 372. The van der Waals surface area contributed by atoms with Gasteiger partial charge >= 0.3 is 0 Å². The highest BCUT2D eigenvalue weighted by molar-refractivity contribution is 5.81. The summed E-state index contributed by atoms with van der Waals surface area (Å²) in [5.74, 6) is 0.687. The molecule has 3 nitrogen and oxygen atoms in total. The number of nitrogens with one attached hydrogen (secondary N) is 1. The molecule has 1 aliphatic rings. The Balaban J connectivity index is 2.08. The molecule has 0 amide bonds. The summed E-state index contributed by atoms with van der Waals surface area (Å²) in [4.78, 5) is 2.03. The molecule has 1 aromatic carbocycles. The van der Waals surface area contributed by atoms with Crippen LogP contribution in [0.1, 0.15) is 24.0 Å². The van der Waals surface area contributed by atoms with E-state index in [2.05, 4.69) is 31.2 Å². The van der Waals surface area contributed by atoms with Crippen molar-refractivity contribution in [3.63, 3.8) is 0 Å². The van der Waals surface area contributed by atoms with Gasteiger partial charge in [-0.05, 0) is 18.9 Å². The van der Waals surface area contributed by atoms with Gasteiger partial charge in [0.1, 0.15) is 6.23 Å². The molecule has 1 aliphatic heterocycles. The Labute approximate surface area is 96.5 Å². The number of methoxy groups -OCH3 is 1. The molecule has 0 aliphatic carbocycles. The molecule has 0 bridgehead atoms. The van der Waals surface area contributed by atoms with Gasteiger partial charge in [-0.3, -0.25) is 5.41 Å². The molecule has 0 aromatic heterocycles. The smallest absolute Gasteiger partial charge is 0.131 e. The van der Waals surface area contributed by atoms with Crippen molar-refractivity contribution in [1.82, 2.24) is 4.90 Å². The second-order valence-corrected chi connectivity index (χ2v) is 4.29. The van der Waals surface area contributed by atoms with Gasteiger partial charge in [-0.2, -0.15) is 0 Å². The van der Waals surface area contributed by atoms with Gasteiger partial charge in [0.25, 0.3) is 0 Å². The Morgan fingerprint density at radius 2 is 2.06 bits per heavy atom. The van der Waals surface area contributed by atoms with E-state index in [1.54, 1.807) is 7.11 Å². The molecule has 0 spiro atoms. The van der Waals surface area contributed by atoms with Gasteiger partial charge in [0.15, 0.2) is 0 Å². The molecular weight excluding hydrogens is 200 g/mol. The fourth-order valence-electron chi connectivity index (χ4n) is 2.07. The Kier molecular flexibility index (Phi) is 3.25. The molecule has 1 aromatic rings. The highest BCUT2D eigenvalue weighted by Crippen LogP contribution is 2.22. The van der Waals surface area contributed by atoms with Gasteiger partial charge in [0.2, 0.25) is 0 Å². The molecular formula is C13H18N2O. The van der Waals surface area contributed by atoms with Crippen LogP contribution in [0.2, 0.25) is 0 Å². The molecule has 1 heterocycles. The zero-order valence-electron chi connectivity index (χ0n) is 9.86. The van der Waals surface area contributed by atoms with Crippen molar-refractivity contribution in [3.05, 3.63) is 35.4 Å². The monoisotopic (exact) mass is 218 g/mol. The van der Waals surface area contributed by atoms with Gasteiger partial charge in [0.05, 0.1) is 5.84 Å². The lowest BCUT2D eigenvalue weighted by atomic mass is 10.1. The van der Waals surface area contributed by atoms with Crippen LogP contribution in [0.5, 0.6) is 0 Å². The van der Waals surface area contributed by atoms with Crippen LogP contribution in [0.4, 0.5) is 0 Å². The van der Waals surface area contributed by atoms with E-state index in [9.17, 15) is 0 Å². The van der Waals surface area contributed by atoms with Crippen LogP contribution in [0, 0.1) is 12.3 Å². The highest BCUT2D eigenvalue weighted by Gasteiger charge is 2.27. The number of hydrogen-bond donors (Lipinski definition) is 1. The molecule has 2 rings (SSSR count). The van der Waals surface area contributed by atoms with Crippen molar-refractivity contribution in [2.45, 2.75) is 32.5 Å². The zero-order chi connectivity index (χ0) is 11.5. The normalized spacial score (nSPS) is 20.5. The number of benzene rings is 1. The van der Waals surface area contributed by atoms with E-state index in [4.69, 9.17) is 10.1 Å². The average Bonchev–Trinajstić information content (AvgIpc) is 2.63. The van der Waals surface area contributed by atoms with Gasteiger partial charge in [-0.25, -0.2) is 0 Å². The largest absolute Gasteiger partial charge is 0.362 e. The van der Waals surface area contributed by atoms with Crippen molar-refractivity contribution in [2.24, 2.45) is 0 Å². The van der Waals surface area contributed by atoms with Crippen LogP contribution in [-0.2, 0) is 11.3 Å². The molecule has 0 radical (unpaired) electrons. The summed E-state index contributed by atoms with van der Waals surface area (Å²) in [6, 6.07) is 8.45. The van der Waals surface area contributed by atoms with E-state index in [0.717, 1.165) is 19.4 Å². The van der Waals surface area contributed by atoms with Gasteiger partial charge in [-0.15, -0.1) is 0 Å². The maximum Gasteiger partial charge on any atom is 0.131 e. The van der Waals surface area contributed by atoms with Crippen molar-refractivity contribution in [2.75, 3.05) is 7.11 Å². The second kappa shape index (κ2) is 4.66. The first-order chi connectivity index (χ1) is 7.70. The number of rotatable bonds is 3. The molecule has 1 fully saturated rings. The predicted octanol–water partition coefficient (Wildman–Crippen LogP) is 2.54. The third-order valence-corrected chi connectivity index (χ3v) is 3.07. The second-order valence-electron chi connectivity index (χ2n) is 4.29. The van der Waals surface area contributed by atoms with E-state index in [-0.39, 0.29) is 6.23 Å². The van der Waals surface area contributed by atoms with Crippen LogP contribution in [-0.4, -0.2) is 24.1 Å². The first kappa shape index (κ1) is 11.1. The summed E-state index contributed by atoms with van der Waals surface area (Å²) in [7, 11) is 1.71. The number of aryl methyl sites for hydroxylation is 1. The van der Waals surface area contributed by atoms with Crippen molar-refractivity contribution in [1.29, 1.82) is 5.41 Å². The fourth-order valence-corrected chi connectivity index (χ4v) is 2.07. The topological polar surface area (TPSA) is 36.3 Å².